The highest BCUT2D eigenvalue weighted by Crippen LogP contribution is 2.29. The van der Waals surface area contributed by atoms with Gasteiger partial charge in [-0.15, -0.1) is 0 Å². The van der Waals surface area contributed by atoms with Crippen molar-refractivity contribution in [1.82, 2.24) is 30.4 Å². The molecule has 12 nitrogen and oxygen atoms in total. The first-order valence-corrected chi connectivity index (χ1v) is 17.0. The number of fused-ring (bicyclic) bond motifs is 2. The Balaban J connectivity index is 0.000000230. The van der Waals surface area contributed by atoms with Gasteiger partial charge in [-0.1, -0.05) is 6.07 Å². The van der Waals surface area contributed by atoms with Crippen molar-refractivity contribution in [3.8, 4) is 11.1 Å². The summed E-state index contributed by atoms with van der Waals surface area (Å²) in [5.41, 5.74) is 1.15. The number of carbonyl (C=O) groups excluding carboxylic acids is 4. The average Bonchev–Trinajstić information content (AvgIpc) is 3.61. The van der Waals surface area contributed by atoms with Crippen molar-refractivity contribution >= 4 is 46.6 Å². The molecule has 0 spiro atoms. The summed E-state index contributed by atoms with van der Waals surface area (Å²) >= 11 is 2.19. The summed E-state index contributed by atoms with van der Waals surface area (Å²) in [5.74, 6) is -2.14. The molecule has 2 atom stereocenters. The first-order valence-electron chi connectivity index (χ1n) is 15.9. The van der Waals surface area contributed by atoms with Crippen molar-refractivity contribution in [3.05, 3.63) is 69.3 Å². The first-order chi connectivity index (χ1) is 22.9. The zero-order valence-electron chi connectivity index (χ0n) is 28.4. The number of aromatic nitrogens is 2. The van der Waals surface area contributed by atoms with E-state index in [0.717, 1.165) is 22.1 Å². The molecule has 2 aliphatic rings. The first kappa shape index (κ1) is 37.7. The Bertz CT molecular complexity index is 1690. The number of benzene rings is 1. The highest BCUT2D eigenvalue weighted by atomic mass is 127. The van der Waals surface area contributed by atoms with E-state index in [2.05, 4.69) is 43.9 Å². The third-order valence-electron chi connectivity index (χ3n) is 7.46. The van der Waals surface area contributed by atoms with Gasteiger partial charge in [0.05, 0.1) is 12.1 Å². The largest absolute Gasteiger partial charge is 0.444 e. The molecule has 49 heavy (non-hydrogen) atoms. The van der Waals surface area contributed by atoms with E-state index >= 15 is 0 Å². The number of alkyl carbamates (subject to hydrolysis) is 2. The van der Waals surface area contributed by atoms with Crippen LogP contribution in [-0.4, -0.2) is 70.5 Å². The zero-order chi connectivity index (χ0) is 36.1. The fraction of sp³-hybridized carbons (Fsp3) is 0.471. The van der Waals surface area contributed by atoms with E-state index in [9.17, 15) is 28.0 Å². The molecule has 15 heteroatoms. The number of nitrogens with zero attached hydrogens (tertiary/aromatic N) is 2. The number of rotatable bonds is 7. The van der Waals surface area contributed by atoms with Crippen molar-refractivity contribution < 1.29 is 37.4 Å². The lowest BCUT2D eigenvalue weighted by Gasteiger charge is -2.27. The maximum atomic E-state index is 13.5. The molecule has 0 bridgehead atoms. The molecule has 2 aromatic heterocycles. The lowest BCUT2D eigenvalue weighted by Crippen LogP contribution is -2.40. The van der Waals surface area contributed by atoms with Gasteiger partial charge in [0.25, 0.3) is 11.8 Å². The minimum Gasteiger partial charge on any atom is -0.444 e. The Morgan fingerprint density at radius 3 is 1.76 bits per heavy atom. The third kappa shape index (κ3) is 10.7. The maximum absolute atomic E-state index is 13.5. The molecule has 2 unspecified atom stereocenters. The number of halogens is 3. The molecule has 0 radical (unpaired) electrons. The van der Waals surface area contributed by atoms with Crippen molar-refractivity contribution in [3.63, 3.8) is 0 Å². The molecule has 0 saturated carbocycles. The van der Waals surface area contributed by atoms with Crippen LogP contribution in [0.4, 0.5) is 18.4 Å². The monoisotopic (exact) mass is 796 g/mol. The molecular weight excluding hydrogens is 753 g/mol. The van der Waals surface area contributed by atoms with Crippen molar-refractivity contribution in [2.24, 2.45) is 0 Å². The molecule has 4 heterocycles. The number of hydrogen-bond acceptors (Lipinski definition) is 6. The van der Waals surface area contributed by atoms with Crippen molar-refractivity contribution in [1.29, 1.82) is 0 Å². The van der Waals surface area contributed by atoms with Crippen molar-refractivity contribution in [2.75, 3.05) is 26.2 Å². The summed E-state index contributed by atoms with van der Waals surface area (Å²) in [6.45, 7) is 12.7. The van der Waals surface area contributed by atoms with E-state index in [0.29, 0.717) is 55.1 Å². The molecule has 5 rings (SSSR count). The van der Waals surface area contributed by atoms with Gasteiger partial charge in [0.1, 0.15) is 22.6 Å². The van der Waals surface area contributed by atoms with E-state index in [4.69, 9.17) is 9.47 Å². The molecule has 266 valence electrons. The van der Waals surface area contributed by atoms with Crippen molar-refractivity contribution in [2.45, 2.75) is 77.7 Å². The maximum Gasteiger partial charge on any atom is 0.407 e. The second kappa shape index (κ2) is 15.6. The molecule has 0 fully saturated rings. The Morgan fingerprint density at radius 2 is 1.27 bits per heavy atom. The van der Waals surface area contributed by atoms with Crippen LogP contribution in [0, 0.1) is 15.2 Å². The highest BCUT2D eigenvalue weighted by molar-refractivity contribution is 14.1. The summed E-state index contributed by atoms with van der Waals surface area (Å²) < 4.78 is 42.0. The highest BCUT2D eigenvalue weighted by Gasteiger charge is 2.27. The zero-order valence-corrected chi connectivity index (χ0v) is 30.6. The van der Waals surface area contributed by atoms with Gasteiger partial charge >= 0.3 is 12.2 Å². The number of hydrogen-bond donors (Lipinski definition) is 4. The predicted molar refractivity (Wildman–Crippen MR) is 187 cm³/mol. The normalized spacial score (nSPS) is 17.0. The Labute approximate surface area is 297 Å². The topological polar surface area (TPSA) is 145 Å². The van der Waals surface area contributed by atoms with E-state index in [1.165, 1.54) is 6.07 Å². The van der Waals surface area contributed by atoms with E-state index < -0.39 is 35.0 Å². The molecule has 0 aliphatic carbocycles. The van der Waals surface area contributed by atoms with Gasteiger partial charge < -0.3 is 39.9 Å². The van der Waals surface area contributed by atoms with Crippen LogP contribution in [0.25, 0.3) is 11.1 Å². The van der Waals surface area contributed by atoms with Gasteiger partial charge in [-0.25, -0.2) is 18.4 Å². The average molecular weight is 797 g/mol. The number of carbonyl (C=O) groups is 4. The number of amides is 4. The van der Waals surface area contributed by atoms with Crippen LogP contribution >= 0.6 is 22.6 Å². The fourth-order valence-electron chi connectivity index (χ4n) is 5.32. The van der Waals surface area contributed by atoms with Gasteiger partial charge in [0.15, 0.2) is 11.6 Å². The van der Waals surface area contributed by atoms with Gasteiger partial charge in [0, 0.05) is 47.7 Å². The molecule has 4 amide bonds. The second-order valence-electron chi connectivity index (χ2n) is 13.8. The SMILES string of the molecule is CC(C)(C)OC(=O)NCCC1CNC(=O)c2cc(-c3ccc(F)c(F)c3)cn21.CC(C)(C)OC(=O)NCCC1CNC(=O)c2cc(I)cn21. The van der Waals surface area contributed by atoms with E-state index in [-0.39, 0.29) is 23.9 Å². The molecule has 0 saturated heterocycles. The van der Waals surface area contributed by atoms with Crippen LogP contribution in [-0.2, 0) is 9.47 Å². The Hall–Kier alpha value is -4.15. The van der Waals surface area contributed by atoms with Crippen LogP contribution in [0.1, 0.15) is 87.4 Å². The lowest BCUT2D eigenvalue weighted by atomic mass is 10.1. The van der Waals surface area contributed by atoms with E-state index in [1.807, 2.05) is 42.2 Å². The van der Waals surface area contributed by atoms with Gasteiger partial charge in [-0.2, -0.15) is 0 Å². The van der Waals surface area contributed by atoms with Crippen LogP contribution < -0.4 is 21.3 Å². The summed E-state index contributed by atoms with van der Waals surface area (Å²) in [7, 11) is 0. The minimum atomic E-state index is -0.941. The summed E-state index contributed by atoms with van der Waals surface area (Å²) in [5, 5.41) is 11.1. The van der Waals surface area contributed by atoms with Crippen LogP contribution in [0.3, 0.4) is 0 Å². The van der Waals surface area contributed by atoms with Gasteiger partial charge in [-0.3, -0.25) is 9.59 Å². The quantitative estimate of drug-likeness (QED) is 0.219. The Kier molecular flexibility index (Phi) is 12.0. The van der Waals surface area contributed by atoms with Crippen LogP contribution in [0.15, 0.2) is 42.7 Å². The number of nitrogens with one attached hydrogen (secondary N) is 4. The van der Waals surface area contributed by atoms with Gasteiger partial charge in [-0.05, 0) is 107 Å². The Morgan fingerprint density at radius 1 is 0.776 bits per heavy atom. The lowest BCUT2D eigenvalue weighted by molar-refractivity contribution is 0.0513. The van der Waals surface area contributed by atoms with Crippen LogP contribution in [0.2, 0.25) is 0 Å². The van der Waals surface area contributed by atoms with E-state index in [1.54, 1.807) is 33.0 Å². The van der Waals surface area contributed by atoms with Crippen LogP contribution in [0.5, 0.6) is 0 Å². The standard InChI is InChI=1S/C20H23F2N3O3.C14H20IN3O3/c1-20(2,3)28-19(27)23-7-6-14-10-24-18(26)17-9-13(11-25(14)17)12-4-5-15(21)16(22)8-12;1-14(2,3)21-13(20)16-5-4-10-7-17-12(19)11-6-9(15)8-18(10)11/h4-5,8-9,11,14H,6-7,10H2,1-3H3,(H,23,27)(H,24,26);6,8,10H,4-5,7H2,1-3H3,(H,16,20)(H,17,19). The smallest absolute Gasteiger partial charge is 0.407 e. The predicted octanol–water partition coefficient (Wildman–Crippen LogP) is 5.92. The third-order valence-corrected chi connectivity index (χ3v) is 8.05. The molecule has 3 aromatic rings. The summed E-state index contributed by atoms with van der Waals surface area (Å²) in [6.07, 6.45) is 4.11. The summed E-state index contributed by atoms with van der Waals surface area (Å²) in [4.78, 5) is 47.3. The molecule has 4 N–H and O–H groups in total. The molecule has 2 aliphatic heterocycles. The molecular formula is C34H43F2IN6O6. The summed E-state index contributed by atoms with van der Waals surface area (Å²) in [6, 6.07) is 7.21. The fourth-order valence-corrected chi connectivity index (χ4v) is 5.91. The second-order valence-corrected chi connectivity index (χ2v) is 15.0. The number of ether oxygens (including phenoxy) is 2. The van der Waals surface area contributed by atoms with Gasteiger partial charge in [0.2, 0.25) is 0 Å². The molecule has 1 aromatic carbocycles. The minimum absolute atomic E-state index is 0.0470.